The third-order valence-electron chi connectivity index (χ3n) is 4.47. The van der Waals surface area contributed by atoms with Crippen molar-refractivity contribution >= 4 is 27.5 Å². The van der Waals surface area contributed by atoms with Crippen LogP contribution < -0.4 is 14.8 Å². The van der Waals surface area contributed by atoms with Crippen molar-refractivity contribution in [1.82, 2.24) is 10.0 Å². The van der Waals surface area contributed by atoms with Crippen LogP contribution in [-0.4, -0.2) is 34.0 Å². The van der Waals surface area contributed by atoms with E-state index in [1.54, 1.807) is 33.1 Å². The number of carbonyl (C=O) groups is 1. The molecule has 1 atom stereocenters. The summed E-state index contributed by atoms with van der Waals surface area (Å²) in [6.07, 6.45) is 0.572. The Morgan fingerprint density at radius 3 is 2.52 bits per heavy atom. The predicted octanol–water partition coefficient (Wildman–Crippen LogP) is 3.32. The normalized spacial score (nSPS) is 12.6. The summed E-state index contributed by atoms with van der Waals surface area (Å²) in [6, 6.07) is 10.9. The highest BCUT2D eigenvalue weighted by Crippen LogP contribution is 2.20. The largest absolute Gasteiger partial charge is 0.496 e. The van der Waals surface area contributed by atoms with E-state index in [1.807, 2.05) is 25.1 Å². The Morgan fingerprint density at radius 2 is 1.90 bits per heavy atom. The van der Waals surface area contributed by atoms with E-state index >= 15 is 0 Å². The highest BCUT2D eigenvalue weighted by atomic mass is 35.5. The average molecular weight is 439 g/mol. The molecule has 2 aromatic rings. The molecule has 0 fully saturated rings. The van der Waals surface area contributed by atoms with Gasteiger partial charge in [0.1, 0.15) is 11.8 Å². The Labute approximate surface area is 177 Å². The van der Waals surface area contributed by atoms with E-state index in [9.17, 15) is 13.2 Å². The number of nitrogens with one attached hydrogen (secondary N) is 2. The molecule has 0 bridgehead atoms. The smallest absolute Gasteiger partial charge is 0.241 e. The molecule has 1 amide bonds. The molecule has 0 unspecified atom stereocenters. The Kier molecular flexibility index (Phi) is 8.07. The van der Waals surface area contributed by atoms with Crippen LogP contribution in [0.2, 0.25) is 5.02 Å². The van der Waals surface area contributed by atoms with Crippen molar-refractivity contribution in [2.24, 2.45) is 5.92 Å². The third-order valence-corrected chi connectivity index (χ3v) is 6.14. The number of halogens is 1. The van der Waals surface area contributed by atoms with Crippen molar-refractivity contribution in [2.75, 3.05) is 13.7 Å². The number of benzene rings is 2. The van der Waals surface area contributed by atoms with Crippen LogP contribution in [0.25, 0.3) is 0 Å². The second-order valence-corrected chi connectivity index (χ2v) is 9.31. The zero-order valence-corrected chi connectivity index (χ0v) is 18.6. The molecule has 0 heterocycles. The number of carbonyl (C=O) groups excluding carboxylic acids is 1. The van der Waals surface area contributed by atoms with Gasteiger partial charge in [0.05, 0.1) is 12.0 Å². The number of aryl methyl sites for hydroxylation is 1. The van der Waals surface area contributed by atoms with E-state index < -0.39 is 16.1 Å². The molecule has 0 aliphatic carbocycles. The van der Waals surface area contributed by atoms with Gasteiger partial charge in [0.15, 0.2) is 0 Å². The second-order valence-electron chi connectivity index (χ2n) is 7.16. The van der Waals surface area contributed by atoms with Crippen LogP contribution in [0.5, 0.6) is 5.75 Å². The topological polar surface area (TPSA) is 84.5 Å². The van der Waals surface area contributed by atoms with E-state index in [1.165, 1.54) is 12.1 Å². The van der Waals surface area contributed by atoms with Gasteiger partial charge in [-0.25, -0.2) is 8.42 Å². The maximum Gasteiger partial charge on any atom is 0.241 e. The lowest BCUT2D eigenvalue weighted by atomic mass is 10.0. The lowest BCUT2D eigenvalue weighted by Gasteiger charge is -2.22. The molecule has 0 spiro atoms. The van der Waals surface area contributed by atoms with Gasteiger partial charge in [-0.3, -0.25) is 4.79 Å². The van der Waals surface area contributed by atoms with Gasteiger partial charge in [0.2, 0.25) is 15.9 Å². The molecule has 0 aromatic heterocycles. The summed E-state index contributed by atoms with van der Waals surface area (Å²) in [5.74, 6) is 0.140. The number of hydrogen-bond donors (Lipinski definition) is 2. The number of amides is 1. The molecule has 29 heavy (non-hydrogen) atoms. The van der Waals surface area contributed by atoms with Crippen LogP contribution in [0.1, 0.15) is 25.0 Å². The lowest BCUT2D eigenvalue weighted by molar-refractivity contribution is -0.123. The minimum absolute atomic E-state index is 0.0212. The molecular weight excluding hydrogens is 412 g/mol. The fourth-order valence-corrected chi connectivity index (χ4v) is 4.54. The molecule has 158 valence electrons. The lowest BCUT2D eigenvalue weighted by Crippen LogP contribution is -2.49. The van der Waals surface area contributed by atoms with Crippen molar-refractivity contribution in [2.45, 2.75) is 38.1 Å². The number of rotatable bonds is 9. The maximum atomic E-state index is 12.7. The first kappa shape index (κ1) is 23.2. The van der Waals surface area contributed by atoms with Gasteiger partial charge in [0, 0.05) is 11.6 Å². The van der Waals surface area contributed by atoms with Gasteiger partial charge in [-0.15, -0.1) is 0 Å². The number of methoxy groups -OCH3 is 1. The summed E-state index contributed by atoms with van der Waals surface area (Å²) < 4.78 is 33.2. The van der Waals surface area contributed by atoms with Crippen LogP contribution >= 0.6 is 11.6 Å². The van der Waals surface area contributed by atoms with Crippen molar-refractivity contribution in [3.05, 3.63) is 58.6 Å². The number of hydrogen-bond acceptors (Lipinski definition) is 4. The van der Waals surface area contributed by atoms with Gasteiger partial charge < -0.3 is 10.1 Å². The van der Waals surface area contributed by atoms with E-state index in [-0.39, 0.29) is 16.7 Å². The molecule has 0 aliphatic heterocycles. The fraction of sp³-hybridized carbons (Fsp3) is 0.381. The molecule has 2 aromatic carbocycles. The molecule has 2 N–H and O–H groups in total. The molecule has 0 aliphatic rings. The van der Waals surface area contributed by atoms with Crippen LogP contribution in [0.3, 0.4) is 0 Å². The Hall–Kier alpha value is -2.09. The number of sulfonamides is 1. The number of ether oxygens (including phenoxy) is 1. The Balaban J connectivity index is 2.05. The Bertz CT molecular complexity index is 961. The molecule has 8 heteroatoms. The molecule has 0 saturated carbocycles. The van der Waals surface area contributed by atoms with Crippen molar-refractivity contribution in [1.29, 1.82) is 0 Å². The van der Waals surface area contributed by atoms with Crippen LogP contribution in [0.15, 0.2) is 47.4 Å². The summed E-state index contributed by atoms with van der Waals surface area (Å²) in [7, 11) is -2.28. The standard InChI is InChI=1S/C21H27ClN2O4S/c1-14(2)20(24-29(26,27)18-7-5-6-17(22)13-18)21(25)23-11-10-16-12-15(3)8-9-19(16)28-4/h5-9,12-14,20,24H,10-11H2,1-4H3,(H,23,25)/t20-/m0/s1. The zero-order chi connectivity index (χ0) is 21.6. The first-order chi connectivity index (χ1) is 13.6. The predicted molar refractivity (Wildman–Crippen MR) is 115 cm³/mol. The highest BCUT2D eigenvalue weighted by Gasteiger charge is 2.28. The minimum Gasteiger partial charge on any atom is -0.496 e. The summed E-state index contributed by atoms with van der Waals surface area (Å²) in [5.41, 5.74) is 2.08. The molecule has 2 rings (SSSR count). The van der Waals surface area contributed by atoms with E-state index in [0.29, 0.717) is 18.0 Å². The van der Waals surface area contributed by atoms with Gasteiger partial charge in [0.25, 0.3) is 0 Å². The third kappa shape index (κ3) is 6.45. The molecule has 0 saturated heterocycles. The first-order valence-corrected chi connectivity index (χ1v) is 11.2. The minimum atomic E-state index is -3.88. The van der Waals surface area contributed by atoms with Crippen molar-refractivity contribution in [3.63, 3.8) is 0 Å². The zero-order valence-electron chi connectivity index (χ0n) is 17.0. The van der Waals surface area contributed by atoms with Gasteiger partial charge in [-0.1, -0.05) is 49.2 Å². The van der Waals surface area contributed by atoms with Crippen LogP contribution in [0, 0.1) is 12.8 Å². The SMILES string of the molecule is COc1ccc(C)cc1CCNC(=O)[C@@H](NS(=O)(=O)c1cccc(Cl)c1)C(C)C. The van der Waals surface area contributed by atoms with Crippen molar-refractivity contribution < 1.29 is 17.9 Å². The van der Waals surface area contributed by atoms with Crippen LogP contribution in [-0.2, 0) is 21.2 Å². The van der Waals surface area contributed by atoms with Crippen LogP contribution in [0.4, 0.5) is 0 Å². The van der Waals surface area contributed by atoms with Crippen molar-refractivity contribution in [3.8, 4) is 5.75 Å². The average Bonchev–Trinajstić information content (AvgIpc) is 2.66. The Morgan fingerprint density at radius 1 is 1.17 bits per heavy atom. The van der Waals surface area contributed by atoms with Gasteiger partial charge >= 0.3 is 0 Å². The fourth-order valence-electron chi connectivity index (χ4n) is 2.89. The molecule has 0 radical (unpaired) electrons. The van der Waals surface area contributed by atoms with E-state index in [2.05, 4.69) is 10.0 Å². The van der Waals surface area contributed by atoms with Gasteiger partial charge in [-0.05, 0) is 49.1 Å². The maximum absolute atomic E-state index is 12.7. The monoisotopic (exact) mass is 438 g/mol. The summed E-state index contributed by atoms with van der Waals surface area (Å²) >= 11 is 5.89. The quantitative estimate of drug-likeness (QED) is 0.629. The molecule has 6 nitrogen and oxygen atoms in total. The van der Waals surface area contributed by atoms with Gasteiger partial charge in [-0.2, -0.15) is 4.72 Å². The van der Waals surface area contributed by atoms with E-state index in [4.69, 9.17) is 16.3 Å². The highest BCUT2D eigenvalue weighted by molar-refractivity contribution is 7.89. The summed E-state index contributed by atoms with van der Waals surface area (Å²) in [5, 5.41) is 3.13. The second kappa shape index (κ2) is 10.1. The summed E-state index contributed by atoms with van der Waals surface area (Å²) in [6.45, 7) is 5.92. The summed E-state index contributed by atoms with van der Waals surface area (Å²) in [4.78, 5) is 12.7. The van der Waals surface area contributed by atoms with E-state index in [0.717, 1.165) is 16.9 Å². The first-order valence-electron chi connectivity index (χ1n) is 9.33. The molecular formula is C21H27ClN2O4S.